The fourth-order valence-corrected chi connectivity index (χ4v) is 2.65. The number of amides is 1. The maximum atomic E-state index is 12.1. The van der Waals surface area contributed by atoms with Crippen molar-refractivity contribution in [1.82, 2.24) is 10.2 Å². The van der Waals surface area contributed by atoms with Gasteiger partial charge in [-0.15, -0.1) is 0 Å². The van der Waals surface area contributed by atoms with Crippen molar-refractivity contribution in [2.24, 2.45) is 0 Å². The minimum atomic E-state index is -0.278. The summed E-state index contributed by atoms with van der Waals surface area (Å²) in [4.78, 5) is 14.5. The van der Waals surface area contributed by atoms with E-state index in [1.807, 2.05) is 0 Å². The minimum absolute atomic E-state index is 0.0465. The van der Waals surface area contributed by atoms with E-state index in [0.29, 0.717) is 0 Å². The van der Waals surface area contributed by atoms with Crippen LogP contribution in [0, 0.1) is 0 Å². The van der Waals surface area contributed by atoms with E-state index in [-0.39, 0.29) is 29.0 Å². The number of carbonyl (C=O) groups excluding carboxylic acids is 1. The molecule has 1 unspecified atom stereocenters. The molecule has 1 aliphatic heterocycles. The summed E-state index contributed by atoms with van der Waals surface area (Å²) in [7, 11) is 0. The van der Waals surface area contributed by atoms with Crippen molar-refractivity contribution < 1.29 is 15.0 Å². The minimum Gasteiger partial charge on any atom is -0.508 e. The first-order chi connectivity index (χ1) is 9.13. The first kappa shape index (κ1) is 12.3. The van der Waals surface area contributed by atoms with E-state index in [1.54, 1.807) is 0 Å². The van der Waals surface area contributed by atoms with Gasteiger partial charge in [-0.1, -0.05) is 0 Å². The largest absolute Gasteiger partial charge is 0.508 e. The third kappa shape index (κ3) is 2.66. The van der Waals surface area contributed by atoms with Crippen LogP contribution in [0.25, 0.3) is 0 Å². The van der Waals surface area contributed by atoms with E-state index in [9.17, 15) is 15.0 Å². The van der Waals surface area contributed by atoms with Crippen LogP contribution in [-0.4, -0.2) is 46.2 Å². The van der Waals surface area contributed by atoms with Crippen molar-refractivity contribution in [1.29, 1.82) is 0 Å². The molecule has 5 nitrogen and oxygen atoms in total. The molecule has 0 bridgehead atoms. The Morgan fingerprint density at radius 3 is 2.74 bits per heavy atom. The summed E-state index contributed by atoms with van der Waals surface area (Å²) >= 11 is 0. The van der Waals surface area contributed by atoms with Crippen molar-refractivity contribution >= 4 is 5.91 Å². The molecule has 0 spiro atoms. The van der Waals surface area contributed by atoms with Gasteiger partial charge in [-0.2, -0.15) is 0 Å². The normalized spacial score (nSPS) is 23.5. The zero-order valence-corrected chi connectivity index (χ0v) is 10.7. The molecule has 1 saturated carbocycles. The van der Waals surface area contributed by atoms with Gasteiger partial charge < -0.3 is 15.5 Å². The summed E-state index contributed by atoms with van der Waals surface area (Å²) in [6.07, 6.45) is 3.51. The quantitative estimate of drug-likeness (QED) is 0.761. The van der Waals surface area contributed by atoms with Crippen LogP contribution < -0.4 is 5.32 Å². The van der Waals surface area contributed by atoms with Gasteiger partial charge in [-0.25, -0.2) is 0 Å². The molecular formula is C14H18N2O3. The number of benzene rings is 1. The van der Waals surface area contributed by atoms with E-state index < -0.39 is 0 Å². The topological polar surface area (TPSA) is 72.8 Å². The highest BCUT2D eigenvalue weighted by Gasteiger charge is 2.34. The molecule has 0 aromatic heterocycles. The molecule has 1 aliphatic carbocycles. The van der Waals surface area contributed by atoms with Crippen molar-refractivity contribution in [2.75, 3.05) is 13.1 Å². The second kappa shape index (κ2) is 4.74. The Morgan fingerprint density at radius 1 is 1.26 bits per heavy atom. The molecule has 3 N–H and O–H groups in total. The van der Waals surface area contributed by atoms with Crippen LogP contribution in [0.15, 0.2) is 18.2 Å². The molecule has 0 radical (unpaired) electrons. The second-order valence-corrected chi connectivity index (χ2v) is 5.39. The van der Waals surface area contributed by atoms with Gasteiger partial charge >= 0.3 is 0 Å². The number of aromatic hydroxyl groups is 2. The van der Waals surface area contributed by atoms with Crippen LogP contribution in [0.2, 0.25) is 0 Å². The van der Waals surface area contributed by atoms with Crippen LogP contribution in [0.3, 0.4) is 0 Å². The number of carbonyl (C=O) groups is 1. The molecule has 2 aliphatic rings. The first-order valence-corrected chi connectivity index (χ1v) is 6.70. The van der Waals surface area contributed by atoms with Crippen LogP contribution in [0.4, 0.5) is 0 Å². The van der Waals surface area contributed by atoms with Gasteiger partial charge in [-0.3, -0.25) is 9.69 Å². The fraction of sp³-hybridized carbons (Fsp3) is 0.500. The summed E-state index contributed by atoms with van der Waals surface area (Å²) in [6.45, 7) is 1.94. The summed E-state index contributed by atoms with van der Waals surface area (Å²) in [5.41, 5.74) is 0.211. The highest BCUT2D eigenvalue weighted by molar-refractivity contribution is 5.97. The Bertz CT molecular complexity index is 499. The van der Waals surface area contributed by atoms with Crippen LogP contribution >= 0.6 is 0 Å². The Morgan fingerprint density at radius 2 is 2.05 bits per heavy atom. The molecule has 1 saturated heterocycles. The molecular weight excluding hydrogens is 244 g/mol. The molecule has 2 fully saturated rings. The van der Waals surface area contributed by atoms with E-state index in [4.69, 9.17) is 0 Å². The van der Waals surface area contributed by atoms with Crippen LogP contribution in [0.5, 0.6) is 11.5 Å². The summed E-state index contributed by atoms with van der Waals surface area (Å²) in [5.74, 6) is -0.510. The molecule has 1 aromatic carbocycles. The van der Waals surface area contributed by atoms with E-state index in [0.717, 1.165) is 25.6 Å². The standard InChI is InChI=1S/C14H18N2O3/c17-11-3-4-12(13(18)7-11)14(19)15-9-5-6-16(8-9)10-1-2-10/h3-4,7,9-10,17-18H,1-2,5-6,8H2,(H,15,19). The summed E-state index contributed by atoms with van der Waals surface area (Å²) < 4.78 is 0. The Hall–Kier alpha value is -1.75. The van der Waals surface area contributed by atoms with E-state index >= 15 is 0 Å². The number of phenolic OH excluding ortho intramolecular Hbond substituents is 2. The van der Waals surface area contributed by atoms with E-state index in [1.165, 1.54) is 31.0 Å². The number of likely N-dealkylation sites (tertiary alicyclic amines) is 1. The monoisotopic (exact) mass is 262 g/mol. The Kier molecular flexibility index (Phi) is 3.06. The lowest BCUT2D eigenvalue weighted by Crippen LogP contribution is -2.37. The number of hydrogen-bond donors (Lipinski definition) is 3. The van der Waals surface area contributed by atoms with Gasteiger partial charge in [-0.05, 0) is 31.4 Å². The molecule has 19 heavy (non-hydrogen) atoms. The zero-order chi connectivity index (χ0) is 13.4. The SMILES string of the molecule is O=C(NC1CCN(C2CC2)C1)c1ccc(O)cc1O. The van der Waals surface area contributed by atoms with Crippen LogP contribution in [0.1, 0.15) is 29.6 Å². The molecule has 3 rings (SSSR count). The van der Waals surface area contributed by atoms with Gasteiger partial charge in [0.2, 0.25) is 0 Å². The second-order valence-electron chi connectivity index (χ2n) is 5.39. The zero-order valence-electron chi connectivity index (χ0n) is 10.7. The molecule has 1 aromatic rings. The van der Waals surface area contributed by atoms with Gasteiger partial charge in [0.1, 0.15) is 11.5 Å². The predicted molar refractivity (Wildman–Crippen MR) is 70.2 cm³/mol. The highest BCUT2D eigenvalue weighted by Crippen LogP contribution is 2.30. The predicted octanol–water partition coefficient (Wildman–Crippen LogP) is 1.06. The van der Waals surface area contributed by atoms with Gasteiger partial charge in [0.25, 0.3) is 5.91 Å². The molecule has 1 heterocycles. The smallest absolute Gasteiger partial charge is 0.255 e. The maximum Gasteiger partial charge on any atom is 0.255 e. The summed E-state index contributed by atoms with van der Waals surface area (Å²) in [6, 6.07) is 4.90. The van der Waals surface area contributed by atoms with Crippen molar-refractivity contribution in [3.8, 4) is 11.5 Å². The Labute approximate surface area is 111 Å². The molecule has 102 valence electrons. The lowest BCUT2D eigenvalue weighted by atomic mass is 10.1. The van der Waals surface area contributed by atoms with Gasteiger partial charge in [0.05, 0.1) is 5.56 Å². The number of hydrogen-bond acceptors (Lipinski definition) is 4. The van der Waals surface area contributed by atoms with Gasteiger partial charge in [0.15, 0.2) is 0 Å². The lowest BCUT2D eigenvalue weighted by Gasteiger charge is -2.16. The average Bonchev–Trinajstić information content (AvgIpc) is 3.10. The molecule has 5 heteroatoms. The number of nitrogens with zero attached hydrogens (tertiary/aromatic N) is 1. The third-order valence-corrected chi connectivity index (χ3v) is 3.84. The molecule has 1 atom stereocenters. The molecule has 1 amide bonds. The van der Waals surface area contributed by atoms with Gasteiger partial charge in [0, 0.05) is 31.2 Å². The number of rotatable bonds is 3. The third-order valence-electron chi connectivity index (χ3n) is 3.84. The van der Waals surface area contributed by atoms with Crippen molar-refractivity contribution in [3.05, 3.63) is 23.8 Å². The fourth-order valence-electron chi connectivity index (χ4n) is 2.65. The van der Waals surface area contributed by atoms with Crippen LogP contribution in [-0.2, 0) is 0 Å². The first-order valence-electron chi connectivity index (χ1n) is 6.70. The van der Waals surface area contributed by atoms with Crippen molar-refractivity contribution in [3.63, 3.8) is 0 Å². The lowest BCUT2D eigenvalue weighted by molar-refractivity contribution is 0.0935. The average molecular weight is 262 g/mol. The van der Waals surface area contributed by atoms with Crippen molar-refractivity contribution in [2.45, 2.75) is 31.3 Å². The number of phenols is 2. The maximum absolute atomic E-state index is 12.1. The number of nitrogens with one attached hydrogen (secondary N) is 1. The highest BCUT2D eigenvalue weighted by atomic mass is 16.3. The van der Waals surface area contributed by atoms with E-state index in [2.05, 4.69) is 10.2 Å². The Balaban J connectivity index is 1.61. The summed E-state index contributed by atoms with van der Waals surface area (Å²) in [5, 5.41) is 21.8.